The summed E-state index contributed by atoms with van der Waals surface area (Å²) in [5.74, 6) is -1.86. The first-order valence-corrected chi connectivity index (χ1v) is 7.82. The van der Waals surface area contributed by atoms with E-state index in [0.29, 0.717) is 5.69 Å². The van der Waals surface area contributed by atoms with Crippen molar-refractivity contribution in [1.82, 2.24) is 5.32 Å². The predicted molar refractivity (Wildman–Crippen MR) is 94.5 cm³/mol. The van der Waals surface area contributed by atoms with Gasteiger partial charge in [0.05, 0.1) is 0 Å². The van der Waals surface area contributed by atoms with Gasteiger partial charge < -0.3 is 15.7 Å². The maximum Gasteiger partial charge on any atom is 0.326 e. The summed E-state index contributed by atoms with van der Waals surface area (Å²) in [5.41, 5.74) is 2.66. The Kier molecular flexibility index (Phi) is 5.89. The molecule has 6 nitrogen and oxygen atoms in total. The fraction of sp³-hybridized carbons (Fsp3) is 0.211. The smallest absolute Gasteiger partial charge is 0.326 e. The molecular weight excluding hydrogens is 320 g/mol. The van der Waals surface area contributed by atoms with Crippen LogP contribution in [0.25, 0.3) is 0 Å². The molecule has 0 saturated carbocycles. The molecule has 2 aromatic rings. The normalized spacial score (nSPS) is 11.4. The number of nitrogens with one attached hydrogen (secondary N) is 2. The predicted octanol–water partition coefficient (Wildman–Crippen LogP) is 2.38. The van der Waals surface area contributed by atoms with Crippen LogP contribution in [0.1, 0.15) is 28.4 Å². The lowest BCUT2D eigenvalue weighted by Crippen LogP contribution is -2.42. The standard InChI is InChI=1S/C19H20N2O4/c1-12-6-8-14(9-7-12)10-17(19(24)25)21-18(23)15-4-3-5-16(11-15)20-13(2)22/h3-9,11,17H,10H2,1-2H3,(H,20,22)(H,21,23)(H,24,25)/t17-/m1/s1. The number of carboxylic acid groups (broad SMARTS) is 1. The number of rotatable bonds is 6. The van der Waals surface area contributed by atoms with Crippen molar-refractivity contribution in [2.24, 2.45) is 0 Å². The van der Waals surface area contributed by atoms with Gasteiger partial charge in [-0.3, -0.25) is 9.59 Å². The molecule has 1 atom stereocenters. The van der Waals surface area contributed by atoms with Crippen LogP contribution in [0.15, 0.2) is 48.5 Å². The van der Waals surface area contributed by atoms with E-state index in [1.165, 1.54) is 13.0 Å². The van der Waals surface area contributed by atoms with Crippen LogP contribution < -0.4 is 10.6 Å². The molecule has 0 aromatic heterocycles. The number of hydrogen-bond donors (Lipinski definition) is 3. The van der Waals surface area contributed by atoms with Gasteiger partial charge in [-0.25, -0.2) is 4.79 Å². The molecule has 2 aromatic carbocycles. The Morgan fingerprint density at radius 3 is 2.36 bits per heavy atom. The van der Waals surface area contributed by atoms with Gasteiger partial charge in [0.1, 0.15) is 6.04 Å². The number of hydrogen-bond acceptors (Lipinski definition) is 3. The fourth-order valence-electron chi connectivity index (χ4n) is 2.34. The average Bonchev–Trinajstić information content (AvgIpc) is 2.55. The maximum atomic E-state index is 12.4. The minimum atomic E-state index is -1.10. The van der Waals surface area contributed by atoms with Crippen LogP contribution in [0, 0.1) is 6.92 Å². The second kappa shape index (κ2) is 8.10. The summed E-state index contributed by atoms with van der Waals surface area (Å²) >= 11 is 0. The lowest BCUT2D eigenvalue weighted by atomic mass is 10.0. The third-order valence-corrected chi connectivity index (χ3v) is 3.61. The summed E-state index contributed by atoms with van der Waals surface area (Å²) in [5, 5.41) is 14.5. The number of carbonyl (C=O) groups is 3. The van der Waals surface area contributed by atoms with Crippen molar-refractivity contribution in [2.75, 3.05) is 5.32 Å². The first-order valence-electron chi connectivity index (χ1n) is 7.82. The summed E-state index contributed by atoms with van der Waals surface area (Å²) in [6.45, 7) is 3.32. The Labute approximate surface area is 145 Å². The van der Waals surface area contributed by atoms with E-state index in [9.17, 15) is 19.5 Å². The van der Waals surface area contributed by atoms with Crippen molar-refractivity contribution in [3.05, 3.63) is 65.2 Å². The highest BCUT2D eigenvalue weighted by atomic mass is 16.4. The fourth-order valence-corrected chi connectivity index (χ4v) is 2.34. The van der Waals surface area contributed by atoms with Crippen molar-refractivity contribution in [3.8, 4) is 0 Å². The number of benzene rings is 2. The van der Waals surface area contributed by atoms with Gasteiger partial charge in [-0.2, -0.15) is 0 Å². The van der Waals surface area contributed by atoms with Gasteiger partial charge in [0, 0.05) is 24.6 Å². The van der Waals surface area contributed by atoms with E-state index < -0.39 is 17.9 Å². The second-order valence-corrected chi connectivity index (χ2v) is 5.82. The molecule has 25 heavy (non-hydrogen) atoms. The largest absolute Gasteiger partial charge is 0.480 e. The number of aliphatic carboxylic acids is 1. The number of aryl methyl sites for hydroxylation is 1. The quantitative estimate of drug-likeness (QED) is 0.752. The van der Waals surface area contributed by atoms with E-state index >= 15 is 0 Å². The number of amides is 2. The second-order valence-electron chi connectivity index (χ2n) is 5.82. The molecule has 0 unspecified atom stereocenters. The monoisotopic (exact) mass is 340 g/mol. The summed E-state index contributed by atoms with van der Waals surface area (Å²) in [6.07, 6.45) is 0.187. The average molecular weight is 340 g/mol. The lowest BCUT2D eigenvalue weighted by molar-refractivity contribution is -0.139. The van der Waals surface area contributed by atoms with Crippen LogP contribution in [-0.2, 0) is 16.0 Å². The lowest BCUT2D eigenvalue weighted by Gasteiger charge is -2.15. The molecule has 0 fully saturated rings. The Morgan fingerprint density at radius 2 is 1.76 bits per heavy atom. The highest BCUT2D eigenvalue weighted by Gasteiger charge is 2.21. The van der Waals surface area contributed by atoms with Crippen molar-refractivity contribution in [2.45, 2.75) is 26.3 Å². The summed E-state index contributed by atoms with van der Waals surface area (Å²) in [7, 11) is 0. The van der Waals surface area contributed by atoms with Crippen molar-refractivity contribution in [3.63, 3.8) is 0 Å². The molecule has 6 heteroatoms. The van der Waals surface area contributed by atoms with E-state index in [4.69, 9.17) is 0 Å². The minimum Gasteiger partial charge on any atom is -0.480 e. The van der Waals surface area contributed by atoms with Crippen LogP contribution >= 0.6 is 0 Å². The summed E-state index contributed by atoms with van der Waals surface area (Å²) in [4.78, 5) is 34.9. The first-order chi connectivity index (χ1) is 11.8. The molecule has 0 saturated heterocycles. The molecule has 0 aliphatic carbocycles. The zero-order chi connectivity index (χ0) is 18.4. The summed E-state index contributed by atoms with van der Waals surface area (Å²) < 4.78 is 0. The van der Waals surface area contributed by atoms with Gasteiger partial charge in [-0.1, -0.05) is 35.9 Å². The molecule has 0 aliphatic rings. The van der Waals surface area contributed by atoms with E-state index in [0.717, 1.165) is 11.1 Å². The van der Waals surface area contributed by atoms with Gasteiger partial charge >= 0.3 is 5.97 Å². The first kappa shape index (κ1) is 18.2. The Balaban J connectivity index is 2.11. The number of carbonyl (C=O) groups excluding carboxylic acids is 2. The van der Waals surface area contributed by atoms with Gasteiger partial charge in [-0.15, -0.1) is 0 Å². The highest BCUT2D eigenvalue weighted by Crippen LogP contribution is 2.12. The third-order valence-electron chi connectivity index (χ3n) is 3.61. The minimum absolute atomic E-state index is 0.187. The van der Waals surface area contributed by atoms with E-state index in [2.05, 4.69) is 10.6 Å². The topological polar surface area (TPSA) is 95.5 Å². The molecular formula is C19H20N2O4. The molecule has 0 radical (unpaired) electrons. The number of carboxylic acids is 1. The van der Waals surface area contributed by atoms with Gasteiger partial charge in [0.25, 0.3) is 5.91 Å². The molecule has 3 N–H and O–H groups in total. The maximum absolute atomic E-state index is 12.4. The van der Waals surface area contributed by atoms with Crippen LogP contribution in [0.3, 0.4) is 0 Å². The van der Waals surface area contributed by atoms with Gasteiger partial charge in [-0.05, 0) is 30.7 Å². The Morgan fingerprint density at radius 1 is 1.08 bits per heavy atom. The van der Waals surface area contributed by atoms with Crippen LogP contribution in [0.5, 0.6) is 0 Å². The SMILES string of the molecule is CC(=O)Nc1cccc(C(=O)N[C@H](Cc2ccc(C)cc2)C(=O)O)c1. The molecule has 130 valence electrons. The van der Waals surface area contributed by atoms with E-state index in [-0.39, 0.29) is 17.9 Å². The zero-order valence-corrected chi connectivity index (χ0v) is 14.1. The van der Waals surface area contributed by atoms with E-state index in [1.807, 2.05) is 31.2 Å². The third kappa shape index (κ3) is 5.46. The molecule has 2 rings (SSSR count). The molecule has 0 aliphatic heterocycles. The van der Waals surface area contributed by atoms with Crippen molar-refractivity contribution < 1.29 is 19.5 Å². The van der Waals surface area contributed by atoms with Crippen molar-refractivity contribution >= 4 is 23.5 Å². The molecule has 2 amide bonds. The molecule has 0 spiro atoms. The van der Waals surface area contributed by atoms with E-state index in [1.54, 1.807) is 18.2 Å². The van der Waals surface area contributed by atoms with Crippen molar-refractivity contribution in [1.29, 1.82) is 0 Å². The molecule has 0 bridgehead atoms. The Bertz CT molecular complexity index is 784. The van der Waals surface area contributed by atoms with Crippen LogP contribution in [-0.4, -0.2) is 28.9 Å². The summed E-state index contributed by atoms with van der Waals surface area (Å²) in [6, 6.07) is 12.8. The van der Waals surface area contributed by atoms with Gasteiger partial charge in [0.15, 0.2) is 0 Å². The van der Waals surface area contributed by atoms with Gasteiger partial charge in [0.2, 0.25) is 5.91 Å². The van der Waals surface area contributed by atoms with Crippen LogP contribution in [0.2, 0.25) is 0 Å². The number of anilines is 1. The van der Waals surface area contributed by atoms with Crippen LogP contribution in [0.4, 0.5) is 5.69 Å². The molecule has 0 heterocycles. The highest BCUT2D eigenvalue weighted by molar-refractivity contribution is 5.98. The zero-order valence-electron chi connectivity index (χ0n) is 14.1. The Hall–Kier alpha value is -3.15.